The van der Waals surface area contributed by atoms with Crippen LogP contribution in [0.4, 0.5) is 10.5 Å². The van der Waals surface area contributed by atoms with Crippen molar-refractivity contribution in [3.63, 3.8) is 0 Å². The summed E-state index contributed by atoms with van der Waals surface area (Å²) in [5.74, 6) is -0.356. The molecule has 1 aromatic carbocycles. The number of aryl methyl sites for hydroxylation is 1. The van der Waals surface area contributed by atoms with E-state index >= 15 is 0 Å². The van der Waals surface area contributed by atoms with E-state index in [0.29, 0.717) is 24.0 Å². The van der Waals surface area contributed by atoms with Crippen LogP contribution in [0.2, 0.25) is 0 Å². The first-order chi connectivity index (χ1) is 11.6. The van der Waals surface area contributed by atoms with Gasteiger partial charge < -0.3 is 14.8 Å². The minimum absolute atomic E-state index is 0.00844. The first kappa shape index (κ1) is 20.4. The smallest absolute Gasteiger partial charge is 0.407 e. The van der Waals surface area contributed by atoms with Gasteiger partial charge in [-0.05, 0) is 45.2 Å². The van der Waals surface area contributed by atoms with Gasteiger partial charge in [0, 0.05) is 24.6 Å². The molecule has 0 spiro atoms. The second-order valence-electron chi connectivity index (χ2n) is 6.51. The number of hydrogen-bond donors (Lipinski definition) is 1. The summed E-state index contributed by atoms with van der Waals surface area (Å²) in [6, 6.07) is 4.64. The molecule has 0 bridgehead atoms. The lowest BCUT2D eigenvalue weighted by Crippen LogP contribution is -2.32. The van der Waals surface area contributed by atoms with Gasteiger partial charge in [-0.2, -0.15) is 0 Å². The third-order valence-corrected chi connectivity index (χ3v) is 3.23. The Morgan fingerprint density at radius 3 is 2.52 bits per heavy atom. The minimum Gasteiger partial charge on any atom is -0.469 e. The molecule has 0 atom stereocenters. The molecular formula is C17H24N2O6. The number of nitrogens with one attached hydrogen (secondary N) is 1. The van der Waals surface area contributed by atoms with E-state index < -0.39 is 16.6 Å². The summed E-state index contributed by atoms with van der Waals surface area (Å²) in [5, 5.41) is 13.7. The summed E-state index contributed by atoms with van der Waals surface area (Å²) in [6.45, 7) is 5.48. The number of rotatable bonds is 7. The van der Waals surface area contributed by atoms with Crippen LogP contribution in [0.3, 0.4) is 0 Å². The summed E-state index contributed by atoms with van der Waals surface area (Å²) in [6.07, 6.45) is 0.439. The Labute approximate surface area is 146 Å². The van der Waals surface area contributed by atoms with Crippen molar-refractivity contribution in [2.45, 2.75) is 52.2 Å². The molecule has 1 N–H and O–H groups in total. The Balaban J connectivity index is 2.75. The van der Waals surface area contributed by atoms with Gasteiger partial charge in [-0.25, -0.2) is 4.79 Å². The quantitative estimate of drug-likeness (QED) is 0.459. The van der Waals surface area contributed by atoms with E-state index in [0.717, 1.165) is 0 Å². The van der Waals surface area contributed by atoms with Crippen molar-refractivity contribution in [1.82, 2.24) is 5.32 Å². The van der Waals surface area contributed by atoms with Crippen LogP contribution in [0, 0.1) is 10.1 Å². The highest BCUT2D eigenvalue weighted by Crippen LogP contribution is 2.22. The summed E-state index contributed by atoms with van der Waals surface area (Å²) in [7, 11) is 1.30. The summed E-state index contributed by atoms with van der Waals surface area (Å²) < 4.78 is 9.71. The van der Waals surface area contributed by atoms with Crippen LogP contribution < -0.4 is 5.32 Å². The van der Waals surface area contributed by atoms with Crippen LogP contribution >= 0.6 is 0 Å². The highest BCUT2D eigenvalue weighted by molar-refractivity contribution is 5.69. The Morgan fingerprint density at radius 1 is 1.28 bits per heavy atom. The Hall–Kier alpha value is -2.64. The van der Waals surface area contributed by atoms with Crippen molar-refractivity contribution < 1.29 is 24.0 Å². The molecule has 0 saturated heterocycles. The Morgan fingerprint density at radius 2 is 1.96 bits per heavy atom. The molecule has 1 amide bonds. The molecule has 0 aliphatic carbocycles. The van der Waals surface area contributed by atoms with Gasteiger partial charge in [-0.15, -0.1) is 0 Å². The molecule has 0 heterocycles. The number of carbonyl (C=O) groups is 2. The second kappa shape index (κ2) is 9.00. The largest absolute Gasteiger partial charge is 0.469 e. The average molecular weight is 352 g/mol. The predicted octanol–water partition coefficient (Wildman–Crippen LogP) is 3.12. The maximum Gasteiger partial charge on any atom is 0.407 e. The molecular weight excluding hydrogens is 328 g/mol. The molecule has 138 valence electrons. The van der Waals surface area contributed by atoms with Gasteiger partial charge in [0.2, 0.25) is 0 Å². The molecule has 0 radical (unpaired) electrons. The fourth-order valence-electron chi connectivity index (χ4n) is 2.14. The van der Waals surface area contributed by atoms with Crippen molar-refractivity contribution >= 4 is 17.7 Å². The molecule has 1 rings (SSSR count). The fraction of sp³-hybridized carbons (Fsp3) is 0.529. The lowest BCUT2D eigenvalue weighted by molar-refractivity contribution is -0.385. The topological polar surface area (TPSA) is 108 Å². The van der Waals surface area contributed by atoms with Gasteiger partial charge in [0.25, 0.3) is 5.69 Å². The van der Waals surface area contributed by atoms with Gasteiger partial charge in [0.15, 0.2) is 0 Å². The molecule has 0 fully saturated rings. The van der Waals surface area contributed by atoms with Crippen molar-refractivity contribution in [3.05, 3.63) is 39.4 Å². The van der Waals surface area contributed by atoms with Crippen LogP contribution in [-0.2, 0) is 27.2 Å². The lowest BCUT2D eigenvalue weighted by Gasteiger charge is -2.19. The van der Waals surface area contributed by atoms with Gasteiger partial charge in [0.05, 0.1) is 12.0 Å². The van der Waals surface area contributed by atoms with E-state index in [1.165, 1.54) is 13.2 Å². The van der Waals surface area contributed by atoms with E-state index in [9.17, 15) is 19.7 Å². The van der Waals surface area contributed by atoms with Crippen LogP contribution in [0.25, 0.3) is 0 Å². The standard InChI is InChI=1S/C17H24N2O6/c1-17(2,3)25-16(21)18-11-12-8-9-14(19(22)23)13(10-12)6-5-7-15(20)24-4/h8-10H,5-7,11H2,1-4H3,(H,18,21). The van der Waals surface area contributed by atoms with Gasteiger partial charge in [-0.3, -0.25) is 14.9 Å². The number of carbonyl (C=O) groups excluding carboxylic acids is 2. The molecule has 8 heteroatoms. The van der Waals surface area contributed by atoms with Crippen LogP contribution in [-0.4, -0.2) is 29.7 Å². The average Bonchev–Trinajstić information content (AvgIpc) is 2.51. The number of nitro benzene ring substituents is 1. The van der Waals surface area contributed by atoms with E-state index in [1.54, 1.807) is 32.9 Å². The molecule has 8 nitrogen and oxygen atoms in total. The third kappa shape index (κ3) is 7.65. The van der Waals surface area contributed by atoms with E-state index in [2.05, 4.69) is 10.1 Å². The first-order valence-corrected chi connectivity index (χ1v) is 7.92. The van der Waals surface area contributed by atoms with Crippen molar-refractivity contribution in [2.24, 2.45) is 0 Å². The highest BCUT2D eigenvalue weighted by Gasteiger charge is 2.17. The number of alkyl carbamates (subject to hydrolysis) is 1. The number of ether oxygens (including phenoxy) is 2. The summed E-state index contributed by atoms with van der Waals surface area (Å²) in [4.78, 5) is 33.5. The number of benzene rings is 1. The Bertz CT molecular complexity index is 637. The van der Waals surface area contributed by atoms with Crippen LogP contribution in [0.5, 0.6) is 0 Å². The molecule has 0 aromatic heterocycles. The lowest BCUT2D eigenvalue weighted by atomic mass is 10.0. The minimum atomic E-state index is -0.599. The molecule has 0 unspecified atom stereocenters. The molecule has 25 heavy (non-hydrogen) atoms. The van der Waals surface area contributed by atoms with Gasteiger partial charge >= 0.3 is 12.1 Å². The first-order valence-electron chi connectivity index (χ1n) is 7.92. The number of methoxy groups -OCH3 is 1. The van der Waals surface area contributed by atoms with Crippen molar-refractivity contribution in [2.75, 3.05) is 7.11 Å². The SMILES string of the molecule is COC(=O)CCCc1cc(CNC(=O)OC(C)(C)C)ccc1[N+](=O)[O-]. The zero-order chi connectivity index (χ0) is 19.0. The maximum absolute atomic E-state index is 11.7. The van der Waals surface area contributed by atoms with Crippen molar-refractivity contribution in [1.29, 1.82) is 0 Å². The zero-order valence-corrected chi connectivity index (χ0v) is 15.0. The predicted molar refractivity (Wildman–Crippen MR) is 91.1 cm³/mol. The molecule has 0 saturated carbocycles. The number of nitrogens with zero attached hydrogens (tertiary/aromatic N) is 1. The number of nitro groups is 1. The number of esters is 1. The zero-order valence-electron chi connectivity index (χ0n) is 15.0. The fourth-order valence-corrected chi connectivity index (χ4v) is 2.14. The third-order valence-electron chi connectivity index (χ3n) is 3.23. The van der Waals surface area contributed by atoms with Gasteiger partial charge in [0.1, 0.15) is 5.60 Å². The Kier molecular flexibility index (Phi) is 7.35. The maximum atomic E-state index is 11.7. The van der Waals surface area contributed by atoms with Crippen LogP contribution in [0.15, 0.2) is 18.2 Å². The van der Waals surface area contributed by atoms with Crippen LogP contribution in [0.1, 0.15) is 44.7 Å². The van der Waals surface area contributed by atoms with E-state index in [1.807, 2.05) is 0 Å². The molecule has 1 aromatic rings. The van der Waals surface area contributed by atoms with Gasteiger partial charge in [-0.1, -0.05) is 6.07 Å². The number of hydrogen-bond acceptors (Lipinski definition) is 6. The summed E-state index contributed by atoms with van der Waals surface area (Å²) in [5.41, 5.74) is 0.617. The normalized spacial score (nSPS) is 10.9. The highest BCUT2D eigenvalue weighted by atomic mass is 16.6. The van der Waals surface area contributed by atoms with E-state index in [4.69, 9.17) is 4.74 Å². The number of amides is 1. The van der Waals surface area contributed by atoms with E-state index in [-0.39, 0.29) is 24.6 Å². The van der Waals surface area contributed by atoms with Crippen molar-refractivity contribution in [3.8, 4) is 0 Å². The molecule has 0 aliphatic rings. The summed E-state index contributed by atoms with van der Waals surface area (Å²) >= 11 is 0. The second-order valence-corrected chi connectivity index (χ2v) is 6.51. The molecule has 0 aliphatic heterocycles. The monoisotopic (exact) mass is 352 g/mol.